The second-order valence-corrected chi connectivity index (χ2v) is 6.00. The van der Waals surface area contributed by atoms with Crippen molar-refractivity contribution in [2.45, 2.75) is 13.0 Å². The molecule has 6 nitrogen and oxygen atoms in total. The van der Waals surface area contributed by atoms with E-state index in [1.165, 1.54) is 0 Å². The molecule has 134 valence electrons. The Labute approximate surface area is 152 Å². The number of anilines is 2. The summed E-state index contributed by atoms with van der Waals surface area (Å²) in [5.41, 5.74) is 2.22. The van der Waals surface area contributed by atoms with Crippen LogP contribution in [0.1, 0.15) is 12.5 Å². The molecule has 3 rings (SSSR count). The van der Waals surface area contributed by atoms with Crippen LogP contribution in [0.3, 0.4) is 0 Å². The summed E-state index contributed by atoms with van der Waals surface area (Å²) in [6.45, 7) is 4.87. The quantitative estimate of drug-likeness (QED) is 0.897. The van der Waals surface area contributed by atoms with Gasteiger partial charge in [-0.2, -0.15) is 5.26 Å². The average molecular weight is 351 g/mol. The van der Waals surface area contributed by atoms with Crippen molar-refractivity contribution < 1.29 is 14.3 Å². The second-order valence-electron chi connectivity index (χ2n) is 6.00. The van der Waals surface area contributed by atoms with Crippen LogP contribution in [0.15, 0.2) is 48.5 Å². The third kappa shape index (κ3) is 4.32. The topological polar surface area (TPSA) is 74.6 Å². The smallest absolute Gasteiger partial charge is 0.265 e. The lowest BCUT2D eigenvalue weighted by Crippen LogP contribution is -2.36. The zero-order chi connectivity index (χ0) is 18.4. The Balaban J connectivity index is 1.59. The minimum Gasteiger partial charge on any atom is -0.480 e. The normalized spacial score (nSPS) is 15.0. The first-order valence-electron chi connectivity index (χ1n) is 8.57. The summed E-state index contributed by atoms with van der Waals surface area (Å²) in [5.74, 6) is 0.136. The van der Waals surface area contributed by atoms with Gasteiger partial charge in [-0.05, 0) is 43.3 Å². The molecule has 1 saturated heterocycles. The van der Waals surface area contributed by atoms with Gasteiger partial charge in [0.25, 0.3) is 5.91 Å². The molecule has 6 heteroatoms. The summed E-state index contributed by atoms with van der Waals surface area (Å²) in [5, 5.41) is 11.9. The van der Waals surface area contributed by atoms with Crippen LogP contribution in [0, 0.1) is 11.3 Å². The number of morpholine rings is 1. The van der Waals surface area contributed by atoms with Gasteiger partial charge in [-0.1, -0.05) is 12.1 Å². The molecule has 1 atom stereocenters. The van der Waals surface area contributed by atoms with Crippen molar-refractivity contribution in [1.82, 2.24) is 0 Å². The highest BCUT2D eigenvalue weighted by Crippen LogP contribution is 2.21. The molecule has 26 heavy (non-hydrogen) atoms. The molecule has 0 aliphatic carbocycles. The van der Waals surface area contributed by atoms with E-state index in [4.69, 9.17) is 14.7 Å². The maximum absolute atomic E-state index is 12.4. The summed E-state index contributed by atoms with van der Waals surface area (Å²) in [4.78, 5) is 14.6. The van der Waals surface area contributed by atoms with Crippen LogP contribution in [0.25, 0.3) is 0 Å². The van der Waals surface area contributed by atoms with Crippen molar-refractivity contribution in [2.75, 3.05) is 36.5 Å². The highest BCUT2D eigenvalue weighted by Gasteiger charge is 2.17. The molecule has 1 aliphatic heterocycles. The molecule has 0 radical (unpaired) electrons. The molecule has 1 heterocycles. The lowest BCUT2D eigenvalue weighted by molar-refractivity contribution is -0.122. The molecule has 1 fully saturated rings. The van der Waals surface area contributed by atoms with Crippen molar-refractivity contribution in [3.8, 4) is 11.8 Å². The third-order valence-corrected chi connectivity index (χ3v) is 4.19. The Morgan fingerprint density at radius 1 is 1.19 bits per heavy atom. The highest BCUT2D eigenvalue weighted by molar-refractivity contribution is 5.94. The van der Waals surface area contributed by atoms with Crippen molar-refractivity contribution in [3.63, 3.8) is 0 Å². The fourth-order valence-electron chi connectivity index (χ4n) is 2.73. The van der Waals surface area contributed by atoms with E-state index in [0.29, 0.717) is 17.0 Å². The third-order valence-electron chi connectivity index (χ3n) is 4.19. The molecule has 0 saturated carbocycles. The predicted molar refractivity (Wildman–Crippen MR) is 99.4 cm³/mol. The maximum Gasteiger partial charge on any atom is 0.265 e. The van der Waals surface area contributed by atoms with Gasteiger partial charge in [0.1, 0.15) is 11.8 Å². The van der Waals surface area contributed by atoms with Crippen LogP contribution < -0.4 is 15.0 Å². The van der Waals surface area contributed by atoms with Gasteiger partial charge in [-0.3, -0.25) is 4.79 Å². The van der Waals surface area contributed by atoms with E-state index >= 15 is 0 Å². The molecule has 2 aromatic rings. The van der Waals surface area contributed by atoms with E-state index in [1.807, 2.05) is 24.3 Å². The molecule has 0 unspecified atom stereocenters. The van der Waals surface area contributed by atoms with E-state index in [0.717, 1.165) is 32.0 Å². The number of rotatable bonds is 5. The number of carbonyl (C=O) groups excluding carboxylic acids is 1. The molecular formula is C20H21N3O3. The summed E-state index contributed by atoms with van der Waals surface area (Å²) < 4.78 is 11.0. The number of carbonyl (C=O) groups is 1. The highest BCUT2D eigenvalue weighted by atomic mass is 16.5. The van der Waals surface area contributed by atoms with Crippen LogP contribution in [-0.2, 0) is 9.53 Å². The van der Waals surface area contributed by atoms with Gasteiger partial charge in [-0.25, -0.2) is 0 Å². The van der Waals surface area contributed by atoms with Crippen LogP contribution in [0.5, 0.6) is 5.75 Å². The maximum atomic E-state index is 12.4. The van der Waals surface area contributed by atoms with Crippen molar-refractivity contribution in [2.24, 2.45) is 0 Å². The number of hydrogen-bond donors (Lipinski definition) is 1. The van der Waals surface area contributed by atoms with Crippen LogP contribution in [0.2, 0.25) is 0 Å². The first-order valence-corrected chi connectivity index (χ1v) is 8.57. The predicted octanol–water partition coefficient (Wildman–Crippen LogP) is 2.80. The van der Waals surface area contributed by atoms with E-state index in [1.54, 1.807) is 31.2 Å². The molecule has 1 aliphatic rings. The van der Waals surface area contributed by atoms with Gasteiger partial charge in [0.15, 0.2) is 6.10 Å². The number of benzene rings is 2. The largest absolute Gasteiger partial charge is 0.480 e. The van der Waals surface area contributed by atoms with Gasteiger partial charge < -0.3 is 19.7 Å². The molecule has 1 N–H and O–H groups in total. The minimum absolute atomic E-state index is 0.267. The Morgan fingerprint density at radius 3 is 2.58 bits per heavy atom. The lowest BCUT2D eigenvalue weighted by atomic mass is 10.2. The van der Waals surface area contributed by atoms with Crippen LogP contribution in [-0.4, -0.2) is 38.3 Å². The Bertz CT molecular complexity index is 793. The number of amides is 1. The van der Waals surface area contributed by atoms with Crippen LogP contribution in [0.4, 0.5) is 11.4 Å². The van der Waals surface area contributed by atoms with Gasteiger partial charge in [-0.15, -0.1) is 0 Å². The fraction of sp³-hybridized carbons (Fsp3) is 0.300. The van der Waals surface area contributed by atoms with Crippen LogP contribution >= 0.6 is 0 Å². The molecule has 1 amide bonds. The Morgan fingerprint density at radius 2 is 1.88 bits per heavy atom. The fourth-order valence-corrected chi connectivity index (χ4v) is 2.73. The van der Waals surface area contributed by atoms with Gasteiger partial charge in [0.2, 0.25) is 0 Å². The number of nitrogens with zero attached hydrogens (tertiary/aromatic N) is 2. The molecule has 0 bridgehead atoms. The van der Waals surface area contributed by atoms with Crippen molar-refractivity contribution in [1.29, 1.82) is 5.26 Å². The summed E-state index contributed by atoms with van der Waals surface area (Å²) in [6.07, 6.45) is -0.719. The van der Waals surface area contributed by atoms with Gasteiger partial charge in [0, 0.05) is 24.5 Å². The minimum atomic E-state index is -0.719. The molecule has 2 aromatic carbocycles. The molecular weight excluding hydrogens is 330 g/mol. The zero-order valence-corrected chi connectivity index (χ0v) is 14.6. The van der Waals surface area contributed by atoms with Gasteiger partial charge >= 0.3 is 0 Å². The number of ether oxygens (including phenoxy) is 2. The molecule has 0 spiro atoms. The summed E-state index contributed by atoms with van der Waals surface area (Å²) in [6, 6.07) is 16.6. The van der Waals surface area contributed by atoms with Crippen molar-refractivity contribution >= 4 is 17.3 Å². The summed E-state index contributed by atoms with van der Waals surface area (Å²) in [7, 11) is 0. The number of hydrogen-bond acceptors (Lipinski definition) is 5. The average Bonchev–Trinajstić information content (AvgIpc) is 2.69. The van der Waals surface area contributed by atoms with E-state index < -0.39 is 6.10 Å². The van der Waals surface area contributed by atoms with E-state index in [9.17, 15) is 4.79 Å². The lowest BCUT2D eigenvalue weighted by Gasteiger charge is -2.29. The second kappa shape index (κ2) is 8.37. The van der Waals surface area contributed by atoms with Gasteiger partial charge in [0.05, 0.1) is 18.8 Å². The van der Waals surface area contributed by atoms with E-state index in [2.05, 4.69) is 16.3 Å². The SMILES string of the molecule is C[C@H](Oc1ccccc1C#N)C(=O)Nc1ccc(N2CCOCC2)cc1. The number of nitrogens with one attached hydrogen (secondary N) is 1. The monoisotopic (exact) mass is 351 g/mol. The zero-order valence-electron chi connectivity index (χ0n) is 14.6. The number of nitriles is 1. The van der Waals surface area contributed by atoms with E-state index in [-0.39, 0.29) is 5.91 Å². The van der Waals surface area contributed by atoms with Crippen molar-refractivity contribution in [3.05, 3.63) is 54.1 Å². The standard InChI is InChI=1S/C20H21N3O3/c1-15(26-19-5-3-2-4-16(19)14-21)20(24)22-17-6-8-18(9-7-17)23-10-12-25-13-11-23/h2-9,15H,10-13H2,1H3,(H,22,24)/t15-/m0/s1. The first kappa shape index (κ1) is 17.8. The Hall–Kier alpha value is -3.04. The number of para-hydroxylation sites is 1. The Kier molecular flexibility index (Phi) is 5.72. The first-order chi connectivity index (χ1) is 12.7. The summed E-state index contributed by atoms with van der Waals surface area (Å²) >= 11 is 0. The molecule has 0 aromatic heterocycles.